The summed E-state index contributed by atoms with van der Waals surface area (Å²) in [5, 5.41) is 12.8. The maximum atomic E-state index is 12.3. The Hall–Kier alpha value is -1.55. The SMILES string of the molecule is COc1ccc(C)cc1C(=O)N[C@H]1CCCC[C@@H]1O. The van der Waals surface area contributed by atoms with Gasteiger partial charge in [0.2, 0.25) is 0 Å². The van der Waals surface area contributed by atoms with Crippen molar-refractivity contribution in [2.45, 2.75) is 44.8 Å². The van der Waals surface area contributed by atoms with E-state index in [2.05, 4.69) is 5.32 Å². The third-order valence-corrected chi connectivity index (χ3v) is 3.65. The molecule has 0 aromatic heterocycles. The van der Waals surface area contributed by atoms with Crippen LogP contribution >= 0.6 is 0 Å². The first kappa shape index (κ1) is 13.9. The summed E-state index contributed by atoms with van der Waals surface area (Å²) in [6, 6.07) is 5.36. The van der Waals surface area contributed by atoms with E-state index in [1.807, 2.05) is 19.1 Å². The highest BCUT2D eigenvalue weighted by atomic mass is 16.5. The number of aryl methyl sites for hydroxylation is 1. The van der Waals surface area contributed by atoms with Crippen molar-refractivity contribution in [3.05, 3.63) is 29.3 Å². The zero-order valence-corrected chi connectivity index (χ0v) is 11.5. The molecular formula is C15H21NO3. The van der Waals surface area contributed by atoms with Crippen molar-refractivity contribution in [2.75, 3.05) is 7.11 Å². The second kappa shape index (κ2) is 6.06. The topological polar surface area (TPSA) is 58.6 Å². The summed E-state index contributed by atoms with van der Waals surface area (Å²) in [6.45, 7) is 1.94. The molecule has 0 aliphatic heterocycles. The van der Waals surface area contributed by atoms with Gasteiger partial charge in [-0.1, -0.05) is 24.5 Å². The number of hydrogen-bond acceptors (Lipinski definition) is 3. The minimum absolute atomic E-state index is 0.147. The van der Waals surface area contributed by atoms with Crippen LogP contribution in [0.4, 0.5) is 0 Å². The van der Waals surface area contributed by atoms with E-state index < -0.39 is 6.10 Å². The number of nitrogens with one attached hydrogen (secondary N) is 1. The Kier molecular flexibility index (Phi) is 4.43. The molecule has 1 amide bonds. The molecule has 0 heterocycles. The third kappa shape index (κ3) is 3.26. The van der Waals surface area contributed by atoms with Crippen molar-refractivity contribution >= 4 is 5.91 Å². The van der Waals surface area contributed by atoms with Crippen LogP contribution < -0.4 is 10.1 Å². The number of carbonyl (C=O) groups is 1. The van der Waals surface area contributed by atoms with Gasteiger partial charge in [-0.25, -0.2) is 0 Å². The zero-order valence-electron chi connectivity index (χ0n) is 11.5. The summed E-state index contributed by atoms with van der Waals surface area (Å²) >= 11 is 0. The summed E-state index contributed by atoms with van der Waals surface area (Å²) < 4.78 is 5.21. The molecule has 0 bridgehead atoms. The van der Waals surface area contributed by atoms with Gasteiger partial charge in [0, 0.05) is 0 Å². The first-order valence-electron chi connectivity index (χ1n) is 6.75. The van der Waals surface area contributed by atoms with Gasteiger partial charge in [-0.15, -0.1) is 0 Å². The first-order chi connectivity index (χ1) is 9.11. The van der Waals surface area contributed by atoms with Crippen LogP contribution in [0.2, 0.25) is 0 Å². The number of rotatable bonds is 3. The van der Waals surface area contributed by atoms with Gasteiger partial charge >= 0.3 is 0 Å². The van der Waals surface area contributed by atoms with Crippen LogP contribution in [0.3, 0.4) is 0 Å². The molecule has 19 heavy (non-hydrogen) atoms. The molecule has 1 fully saturated rings. The van der Waals surface area contributed by atoms with E-state index in [-0.39, 0.29) is 11.9 Å². The minimum atomic E-state index is -0.437. The molecule has 0 unspecified atom stereocenters. The molecule has 4 nitrogen and oxygen atoms in total. The predicted molar refractivity (Wildman–Crippen MR) is 73.5 cm³/mol. The molecule has 0 radical (unpaired) electrons. The average Bonchev–Trinajstić information content (AvgIpc) is 2.41. The van der Waals surface area contributed by atoms with E-state index in [0.29, 0.717) is 11.3 Å². The van der Waals surface area contributed by atoms with Crippen molar-refractivity contribution in [2.24, 2.45) is 0 Å². The normalized spacial score (nSPS) is 22.9. The van der Waals surface area contributed by atoms with E-state index in [1.54, 1.807) is 13.2 Å². The van der Waals surface area contributed by atoms with Gasteiger partial charge in [0.25, 0.3) is 5.91 Å². The molecule has 1 aromatic rings. The van der Waals surface area contributed by atoms with Crippen LogP contribution in [0.15, 0.2) is 18.2 Å². The van der Waals surface area contributed by atoms with E-state index in [0.717, 1.165) is 31.2 Å². The maximum Gasteiger partial charge on any atom is 0.255 e. The molecule has 2 atom stereocenters. The third-order valence-electron chi connectivity index (χ3n) is 3.65. The van der Waals surface area contributed by atoms with Crippen molar-refractivity contribution < 1.29 is 14.6 Å². The Bertz CT molecular complexity index is 459. The van der Waals surface area contributed by atoms with Gasteiger partial charge < -0.3 is 15.2 Å². The number of amides is 1. The Labute approximate surface area is 113 Å². The van der Waals surface area contributed by atoms with Gasteiger partial charge in [-0.05, 0) is 31.9 Å². The molecular weight excluding hydrogens is 242 g/mol. The summed E-state index contributed by atoms with van der Waals surface area (Å²) in [5.74, 6) is 0.389. The fraction of sp³-hybridized carbons (Fsp3) is 0.533. The summed E-state index contributed by atoms with van der Waals surface area (Å²) in [7, 11) is 1.55. The molecule has 104 valence electrons. The number of hydrogen-bond donors (Lipinski definition) is 2. The number of aliphatic hydroxyl groups is 1. The van der Waals surface area contributed by atoms with E-state index in [1.165, 1.54) is 0 Å². The van der Waals surface area contributed by atoms with Gasteiger partial charge in [-0.3, -0.25) is 4.79 Å². The molecule has 1 aromatic carbocycles. The average molecular weight is 263 g/mol. The fourth-order valence-corrected chi connectivity index (χ4v) is 2.53. The highest BCUT2D eigenvalue weighted by molar-refractivity contribution is 5.97. The Balaban J connectivity index is 2.13. The van der Waals surface area contributed by atoms with Crippen molar-refractivity contribution in [1.29, 1.82) is 0 Å². The lowest BCUT2D eigenvalue weighted by atomic mass is 9.92. The van der Waals surface area contributed by atoms with Crippen LogP contribution in [0.5, 0.6) is 5.75 Å². The highest BCUT2D eigenvalue weighted by Gasteiger charge is 2.25. The molecule has 0 spiro atoms. The van der Waals surface area contributed by atoms with Crippen LogP contribution in [-0.4, -0.2) is 30.3 Å². The van der Waals surface area contributed by atoms with Gasteiger partial charge in [0.05, 0.1) is 24.8 Å². The largest absolute Gasteiger partial charge is 0.496 e. The van der Waals surface area contributed by atoms with Crippen molar-refractivity contribution in [3.8, 4) is 5.75 Å². The second-order valence-corrected chi connectivity index (χ2v) is 5.14. The van der Waals surface area contributed by atoms with Crippen LogP contribution in [0, 0.1) is 6.92 Å². The zero-order chi connectivity index (χ0) is 13.8. The van der Waals surface area contributed by atoms with E-state index >= 15 is 0 Å². The van der Waals surface area contributed by atoms with Gasteiger partial charge in [0.15, 0.2) is 0 Å². The quantitative estimate of drug-likeness (QED) is 0.877. The summed E-state index contributed by atoms with van der Waals surface area (Å²) in [5.41, 5.74) is 1.54. The minimum Gasteiger partial charge on any atom is -0.496 e. The predicted octanol–water partition coefficient (Wildman–Crippen LogP) is 2.04. The molecule has 1 saturated carbocycles. The Morgan fingerprint density at radius 1 is 1.37 bits per heavy atom. The number of methoxy groups -OCH3 is 1. The van der Waals surface area contributed by atoms with Crippen LogP contribution in [0.1, 0.15) is 41.6 Å². The molecule has 0 saturated heterocycles. The Morgan fingerprint density at radius 2 is 2.11 bits per heavy atom. The van der Waals surface area contributed by atoms with Gasteiger partial charge in [-0.2, -0.15) is 0 Å². The molecule has 1 aliphatic carbocycles. The first-order valence-corrected chi connectivity index (χ1v) is 6.75. The van der Waals surface area contributed by atoms with E-state index in [9.17, 15) is 9.90 Å². The second-order valence-electron chi connectivity index (χ2n) is 5.14. The highest BCUT2D eigenvalue weighted by Crippen LogP contribution is 2.22. The summed E-state index contributed by atoms with van der Waals surface area (Å²) in [4.78, 5) is 12.3. The van der Waals surface area contributed by atoms with Crippen molar-refractivity contribution in [3.63, 3.8) is 0 Å². The maximum absolute atomic E-state index is 12.3. The van der Waals surface area contributed by atoms with E-state index in [4.69, 9.17) is 4.74 Å². The van der Waals surface area contributed by atoms with Gasteiger partial charge in [0.1, 0.15) is 5.75 Å². The lowest BCUT2D eigenvalue weighted by Gasteiger charge is -2.28. The number of benzene rings is 1. The fourth-order valence-electron chi connectivity index (χ4n) is 2.53. The molecule has 1 aliphatic rings. The molecule has 2 N–H and O–H groups in total. The smallest absolute Gasteiger partial charge is 0.255 e. The van der Waals surface area contributed by atoms with Crippen LogP contribution in [-0.2, 0) is 0 Å². The lowest BCUT2D eigenvalue weighted by Crippen LogP contribution is -2.45. The Morgan fingerprint density at radius 3 is 2.79 bits per heavy atom. The number of aliphatic hydroxyl groups excluding tert-OH is 1. The molecule has 2 rings (SSSR count). The standard InChI is InChI=1S/C15H21NO3/c1-10-7-8-14(19-2)11(9-10)15(18)16-12-5-3-4-6-13(12)17/h7-9,12-13,17H,3-6H2,1-2H3,(H,16,18)/t12-,13-/m0/s1. The lowest BCUT2D eigenvalue weighted by molar-refractivity contribution is 0.0715. The summed E-state index contributed by atoms with van der Waals surface area (Å²) in [6.07, 6.45) is 3.24. The molecule has 4 heteroatoms. The van der Waals surface area contributed by atoms with Crippen LogP contribution in [0.25, 0.3) is 0 Å². The number of carbonyl (C=O) groups excluding carboxylic acids is 1. The monoisotopic (exact) mass is 263 g/mol. The number of ether oxygens (including phenoxy) is 1. The van der Waals surface area contributed by atoms with Crippen molar-refractivity contribution in [1.82, 2.24) is 5.32 Å².